The predicted octanol–water partition coefficient (Wildman–Crippen LogP) is 4.04. The molecule has 2 aromatic rings. The molecule has 0 radical (unpaired) electrons. The van der Waals surface area contributed by atoms with Crippen LogP contribution in [0.4, 0.5) is 17.2 Å². The van der Waals surface area contributed by atoms with E-state index in [-0.39, 0.29) is 6.10 Å². The Morgan fingerprint density at radius 2 is 1.85 bits per heavy atom. The lowest BCUT2D eigenvalue weighted by Gasteiger charge is -2.11. The van der Waals surface area contributed by atoms with Crippen LogP contribution in [0.1, 0.15) is 20.8 Å². The minimum absolute atomic E-state index is 0.191. The topological polar surface area (TPSA) is 46.2 Å². The van der Waals surface area contributed by atoms with Crippen molar-refractivity contribution in [1.82, 2.24) is 4.98 Å². The van der Waals surface area contributed by atoms with Gasteiger partial charge in [0.2, 0.25) is 0 Å². The van der Waals surface area contributed by atoms with Gasteiger partial charge in [0.1, 0.15) is 11.6 Å². The normalized spacial score (nSPS) is 10.4. The maximum atomic E-state index is 5.62. The molecule has 0 unspecified atom stereocenters. The maximum Gasteiger partial charge on any atom is 0.127 e. The molecule has 20 heavy (non-hydrogen) atoms. The largest absolute Gasteiger partial charge is 0.491 e. The third-order valence-corrected chi connectivity index (χ3v) is 2.63. The molecule has 1 aromatic carbocycles. The fraction of sp³-hybridized carbons (Fsp3) is 0.312. The quantitative estimate of drug-likeness (QED) is 0.832. The van der Waals surface area contributed by atoms with Gasteiger partial charge in [0.25, 0.3) is 0 Å². The van der Waals surface area contributed by atoms with Gasteiger partial charge >= 0.3 is 0 Å². The maximum absolute atomic E-state index is 5.62. The summed E-state index contributed by atoms with van der Waals surface area (Å²) in [7, 11) is 0. The number of pyridine rings is 1. The van der Waals surface area contributed by atoms with Crippen molar-refractivity contribution >= 4 is 17.2 Å². The van der Waals surface area contributed by atoms with E-state index in [1.165, 1.54) is 0 Å². The Morgan fingerprint density at radius 3 is 2.50 bits per heavy atom. The predicted molar refractivity (Wildman–Crippen MR) is 83.9 cm³/mol. The van der Waals surface area contributed by atoms with Crippen LogP contribution in [0.5, 0.6) is 5.75 Å². The van der Waals surface area contributed by atoms with Gasteiger partial charge in [-0.15, -0.1) is 0 Å². The smallest absolute Gasteiger partial charge is 0.127 e. The van der Waals surface area contributed by atoms with Crippen LogP contribution < -0.4 is 15.4 Å². The van der Waals surface area contributed by atoms with Gasteiger partial charge in [0, 0.05) is 30.2 Å². The lowest BCUT2D eigenvalue weighted by molar-refractivity contribution is 0.242. The van der Waals surface area contributed by atoms with Gasteiger partial charge in [-0.1, -0.05) is 0 Å². The Hall–Kier alpha value is -2.23. The molecule has 0 saturated heterocycles. The molecule has 1 aromatic heterocycles. The number of ether oxygens (including phenoxy) is 1. The Kier molecular flexibility index (Phi) is 4.82. The number of nitrogens with one attached hydrogen (secondary N) is 2. The van der Waals surface area contributed by atoms with E-state index in [0.717, 1.165) is 29.5 Å². The van der Waals surface area contributed by atoms with E-state index in [4.69, 9.17) is 4.74 Å². The van der Waals surface area contributed by atoms with Gasteiger partial charge in [0.15, 0.2) is 0 Å². The van der Waals surface area contributed by atoms with E-state index in [2.05, 4.69) is 22.5 Å². The second-order valence-corrected chi connectivity index (χ2v) is 4.78. The van der Waals surface area contributed by atoms with Crippen LogP contribution in [0.2, 0.25) is 0 Å². The molecule has 2 rings (SSSR count). The van der Waals surface area contributed by atoms with Crippen LogP contribution in [0.3, 0.4) is 0 Å². The lowest BCUT2D eigenvalue weighted by Crippen LogP contribution is -2.05. The number of benzene rings is 1. The molecule has 0 atom stereocenters. The van der Waals surface area contributed by atoms with E-state index in [1.54, 1.807) is 6.20 Å². The zero-order valence-corrected chi connectivity index (χ0v) is 12.2. The Labute approximate surface area is 120 Å². The van der Waals surface area contributed by atoms with E-state index in [1.807, 2.05) is 50.2 Å². The van der Waals surface area contributed by atoms with Crippen molar-refractivity contribution in [1.29, 1.82) is 0 Å². The molecule has 0 aliphatic carbocycles. The average Bonchev–Trinajstić information content (AvgIpc) is 2.41. The van der Waals surface area contributed by atoms with Gasteiger partial charge < -0.3 is 15.4 Å². The summed E-state index contributed by atoms with van der Waals surface area (Å²) in [6, 6.07) is 11.9. The molecule has 0 fully saturated rings. The van der Waals surface area contributed by atoms with Gasteiger partial charge in [0.05, 0.1) is 6.10 Å². The van der Waals surface area contributed by atoms with Crippen molar-refractivity contribution < 1.29 is 4.74 Å². The van der Waals surface area contributed by atoms with Crippen molar-refractivity contribution in [2.75, 3.05) is 17.2 Å². The number of hydrogen-bond acceptors (Lipinski definition) is 4. The zero-order chi connectivity index (χ0) is 14.4. The van der Waals surface area contributed by atoms with Crippen molar-refractivity contribution in [3.8, 4) is 5.75 Å². The first-order chi connectivity index (χ1) is 9.67. The van der Waals surface area contributed by atoms with Crippen molar-refractivity contribution in [3.05, 3.63) is 42.6 Å². The number of rotatable bonds is 6. The molecular formula is C16H21N3O. The summed E-state index contributed by atoms with van der Waals surface area (Å²) in [6.45, 7) is 6.95. The van der Waals surface area contributed by atoms with Crippen LogP contribution in [-0.2, 0) is 0 Å². The highest BCUT2D eigenvalue weighted by Crippen LogP contribution is 2.21. The number of aromatic nitrogens is 1. The number of nitrogens with zero attached hydrogens (tertiary/aromatic N) is 1. The standard InChI is InChI=1S/C16H21N3O/c1-4-17-16-11-14(9-10-18-16)19-13-5-7-15(8-6-13)20-12(2)3/h5-12H,4H2,1-3H3,(H2,17,18,19). The molecule has 0 saturated carbocycles. The molecule has 2 N–H and O–H groups in total. The highest BCUT2D eigenvalue weighted by atomic mass is 16.5. The van der Waals surface area contributed by atoms with E-state index in [0.29, 0.717) is 0 Å². The molecule has 0 aliphatic rings. The second-order valence-electron chi connectivity index (χ2n) is 4.78. The van der Waals surface area contributed by atoms with Crippen molar-refractivity contribution in [3.63, 3.8) is 0 Å². The molecule has 0 spiro atoms. The minimum atomic E-state index is 0.191. The molecule has 0 bridgehead atoms. The number of anilines is 3. The third-order valence-electron chi connectivity index (χ3n) is 2.63. The van der Waals surface area contributed by atoms with Crippen LogP contribution in [0, 0.1) is 0 Å². The molecule has 0 amide bonds. The van der Waals surface area contributed by atoms with Crippen LogP contribution in [0.25, 0.3) is 0 Å². The fourth-order valence-electron chi connectivity index (χ4n) is 1.84. The van der Waals surface area contributed by atoms with Crippen LogP contribution in [0.15, 0.2) is 42.6 Å². The van der Waals surface area contributed by atoms with Crippen molar-refractivity contribution in [2.24, 2.45) is 0 Å². The fourth-order valence-corrected chi connectivity index (χ4v) is 1.84. The SMILES string of the molecule is CCNc1cc(Nc2ccc(OC(C)C)cc2)ccn1. The summed E-state index contributed by atoms with van der Waals surface area (Å²) in [5, 5.41) is 6.54. The van der Waals surface area contributed by atoms with Gasteiger partial charge in [-0.25, -0.2) is 4.98 Å². The average molecular weight is 271 g/mol. The first-order valence-corrected chi connectivity index (χ1v) is 6.91. The summed E-state index contributed by atoms with van der Waals surface area (Å²) in [5.41, 5.74) is 2.03. The Bertz CT molecular complexity index is 538. The molecule has 4 nitrogen and oxygen atoms in total. The molecular weight excluding hydrogens is 250 g/mol. The van der Waals surface area contributed by atoms with Gasteiger partial charge in [-0.2, -0.15) is 0 Å². The Morgan fingerprint density at radius 1 is 1.10 bits per heavy atom. The summed E-state index contributed by atoms with van der Waals surface area (Å²) in [6.07, 6.45) is 1.98. The first kappa shape index (κ1) is 14.2. The van der Waals surface area contributed by atoms with E-state index < -0.39 is 0 Å². The summed E-state index contributed by atoms with van der Waals surface area (Å²) < 4.78 is 5.62. The summed E-state index contributed by atoms with van der Waals surface area (Å²) in [4.78, 5) is 4.25. The Balaban J connectivity index is 2.04. The van der Waals surface area contributed by atoms with E-state index in [9.17, 15) is 0 Å². The third kappa shape index (κ3) is 4.16. The molecule has 4 heteroatoms. The summed E-state index contributed by atoms with van der Waals surface area (Å²) in [5.74, 6) is 1.76. The van der Waals surface area contributed by atoms with Gasteiger partial charge in [-0.3, -0.25) is 0 Å². The second kappa shape index (κ2) is 6.80. The van der Waals surface area contributed by atoms with Crippen molar-refractivity contribution in [2.45, 2.75) is 26.9 Å². The highest BCUT2D eigenvalue weighted by Gasteiger charge is 2.00. The van der Waals surface area contributed by atoms with Crippen LogP contribution in [-0.4, -0.2) is 17.6 Å². The van der Waals surface area contributed by atoms with E-state index >= 15 is 0 Å². The molecule has 106 valence electrons. The molecule has 0 aliphatic heterocycles. The summed E-state index contributed by atoms with van der Waals surface area (Å²) >= 11 is 0. The van der Waals surface area contributed by atoms with Gasteiger partial charge in [-0.05, 0) is 51.1 Å². The highest BCUT2D eigenvalue weighted by molar-refractivity contribution is 5.62. The minimum Gasteiger partial charge on any atom is -0.491 e. The monoisotopic (exact) mass is 271 g/mol. The number of hydrogen-bond donors (Lipinski definition) is 2. The first-order valence-electron chi connectivity index (χ1n) is 6.91. The zero-order valence-electron chi connectivity index (χ0n) is 12.2. The lowest BCUT2D eigenvalue weighted by atomic mass is 10.2. The van der Waals surface area contributed by atoms with Crippen LogP contribution >= 0.6 is 0 Å². The molecule has 1 heterocycles.